The van der Waals surface area contributed by atoms with Crippen LogP contribution in [0.2, 0.25) is 0 Å². The highest BCUT2D eigenvalue weighted by Gasteiger charge is 2.36. The summed E-state index contributed by atoms with van der Waals surface area (Å²) in [4.78, 5) is 51.6. The summed E-state index contributed by atoms with van der Waals surface area (Å²) in [7, 11) is 1.56. The van der Waals surface area contributed by atoms with Gasteiger partial charge in [-0.05, 0) is 86.2 Å². The van der Waals surface area contributed by atoms with Crippen molar-refractivity contribution in [3.8, 4) is 23.0 Å². The van der Waals surface area contributed by atoms with Crippen LogP contribution in [-0.4, -0.2) is 50.7 Å². The fraction of sp³-hybridized carbons (Fsp3) is 0.200. The van der Waals surface area contributed by atoms with E-state index in [1.54, 1.807) is 80.8 Å². The van der Waals surface area contributed by atoms with Crippen LogP contribution in [0.3, 0.4) is 0 Å². The average Bonchev–Trinajstić information content (AvgIpc) is 2.96. The summed E-state index contributed by atoms with van der Waals surface area (Å²) in [6.07, 6.45) is 1.36. The summed E-state index contributed by atoms with van der Waals surface area (Å²) < 4.78 is 21.9. The van der Waals surface area contributed by atoms with E-state index < -0.39 is 17.8 Å². The summed E-state index contributed by atoms with van der Waals surface area (Å²) >= 11 is 0. The lowest BCUT2D eigenvalue weighted by Crippen LogP contribution is -2.54. The topological polar surface area (TPSA) is 132 Å². The van der Waals surface area contributed by atoms with Gasteiger partial charge < -0.3 is 24.3 Å². The molecule has 11 heteroatoms. The highest BCUT2D eigenvalue weighted by molar-refractivity contribution is 6.39. The predicted octanol–water partition coefficient (Wildman–Crippen LogP) is 4.18. The maximum Gasteiger partial charge on any atom is 0.335 e. The number of carbonyl (C=O) groups is 4. The highest BCUT2D eigenvalue weighted by Crippen LogP contribution is 2.31. The first-order valence-corrected chi connectivity index (χ1v) is 12.8. The first-order chi connectivity index (χ1) is 19.8. The molecule has 0 radical (unpaired) electrons. The van der Waals surface area contributed by atoms with Gasteiger partial charge in [0.05, 0.1) is 26.0 Å². The summed E-state index contributed by atoms with van der Waals surface area (Å²) in [5.41, 5.74) is 1.07. The van der Waals surface area contributed by atoms with Gasteiger partial charge in [-0.3, -0.25) is 19.7 Å². The van der Waals surface area contributed by atoms with Crippen LogP contribution in [0.25, 0.3) is 6.08 Å². The number of nitrogens with zero attached hydrogens (tertiary/aromatic N) is 1. The normalized spacial score (nSPS) is 14.0. The molecule has 0 atom stereocenters. The number of hydrogen-bond donors (Lipinski definition) is 2. The second kappa shape index (κ2) is 13.2. The van der Waals surface area contributed by atoms with E-state index >= 15 is 0 Å². The maximum absolute atomic E-state index is 13.2. The highest BCUT2D eigenvalue weighted by atomic mass is 16.5. The largest absolute Gasteiger partial charge is 0.497 e. The molecule has 1 saturated heterocycles. The van der Waals surface area contributed by atoms with Gasteiger partial charge in [-0.2, -0.15) is 0 Å². The molecule has 11 nitrogen and oxygen atoms in total. The Bertz CT molecular complexity index is 1470. The second-order valence-corrected chi connectivity index (χ2v) is 8.59. The van der Waals surface area contributed by atoms with Crippen molar-refractivity contribution in [3.05, 3.63) is 77.9 Å². The van der Waals surface area contributed by atoms with Crippen molar-refractivity contribution in [2.24, 2.45) is 0 Å². The number of nitrogens with one attached hydrogen (secondary N) is 2. The molecule has 3 aromatic carbocycles. The van der Waals surface area contributed by atoms with Crippen molar-refractivity contribution in [1.29, 1.82) is 0 Å². The van der Waals surface area contributed by atoms with E-state index in [0.29, 0.717) is 47.5 Å². The zero-order chi connectivity index (χ0) is 29.4. The molecular weight excluding hydrogens is 530 g/mol. The van der Waals surface area contributed by atoms with Crippen molar-refractivity contribution in [2.45, 2.75) is 13.8 Å². The Balaban J connectivity index is 1.50. The molecule has 5 amide bonds. The van der Waals surface area contributed by atoms with E-state index in [1.165, 1.54) is 6.08 Å². The van der Waals surface area contributed by atoms with E-state index in [4.69, 9.17) is 18.9 Å². The minimum absolute atomic E-state index is 0.242. The predicted molar refractivity (Wildman–Crippen MR) is 151 cm³/mol. The van der Waals surface area contributed by atoms with E-state index in [0.717, 1.165) is 4.90 Å². The molecule has 0 aromatic heterocycles. The lowest BCUT2D eigenvalue weighted by atomic mass is 10.1. The fourth-order valence-electron chi connectivity index (χ4n) is 3.93. The van der Waals surface area contributed by atoms with Crippen molar-refractivity contribution in [1.82, 2.24) is 5.32 Å². The first kappa shape index (κ1) is 28.7. The average molecular weight is 560 g/mol. The molecule has 41 heavy (non-hydrogen) atoms. The number of urea groups is 1. The van der Waals surface area contributed by atoms with Crippen LogP contribution in [-0.2, 0) is 14.4 Å². The van der Waals surface area contributed by atoms with Gasteiger partial charge in [-0.1, -0.05) is 6.07 Å². The van der Waals surface area contributed by atoms with Gasteiger partial charge in [0.1, 0.15) is 17.1 Å². The lowest BCUT2D eigenvalue weighted by Gasteiger charge is -2.26. The monoisotopic (exact) mass is 559 g/mol. The molecule has 3 aromatic rings. The summed E-state index contributed by atoms with van der Waals surface area (Å²) in [6, 6.07) is 17.1. The van der Waals surface area contributed by atoms with Crippen LogP contribution >= 0.6 is 0 Å². The Morgan fingerprint density at radius 3 is 2.20 bits per heavy atom. The van der Waals surface area contributed by atoms with Crippen LogP contribution in [0.15, 0.2) is 72.3 Å². The molecule has 0 aliphatic carbocycles. The van der Waals surface area contributed by atoms with Crippen LogP contribution in [0.4, 0.5) is 16.2 Å². The molecule has 1 heterocycles. The van der Waals surface area contributed by atoms with Gasteiger partial charge in [-0.15, -0.1) is 0 Å². The van der Waals surface area contributed by atoms with E-state index in [9.17, 15) is 19.2 Å². The van der Waals surface area contributed by atoms with Gasteiger partial charge in [0.15, 0.2) is 18.1 Å². The molecule has 1 aliphatic heterocycles. The number of rotatable bonds is 11. The van der Waals surface area contributed by atoms with Crippen molar-refractivity contribution < 1.29 is 38.1 Å². The quantitative estimate of drug-likeness (QED) is 0.264. The number of barbiturate groups is 1. The van der Waals surface area contributed by atoms with Gasteiger partial charge >= 0.3 is 6.03 Å². The zero-order valence-corrected chi connectivity index (χ0v) is 22.8. The summed E-state index contributed by atoms with van der Waals surface area (Å²) in [6.45, 7) is 4.10. The molecular formula is C30H29N3O8. The van der Waals surface area contributed by atoms with Gasteiger partial charge in [0, 0.05) is 5.69 Å². The van der Waals surface area contributed by atoms with Gasteiger partial charge in [0.2, 0.25) is 0 Å². The number of amides is 5. The van der Waals surface area contributed by atoms with E-state index in [1.807, 2.05) is 6.92 Å². The minimum Gasteiger partial charge on any atom is -0.497 e. The third-order valence-electron chi connectivity index (χ3n) is 5.82. The lowest BCUT2D eigenvalue weighted by molar-refractivity contribution is -0.122. The van der Waals surface area contributed by atoms with E-state index in [2.05, 4.69) is 10.6 Å². The molecule has 1 fully saturated rings. The maximum atomic E-state index is 13.2. The standard InChI is InChI=1S/C30H29N3O8/c1-4-39-23-13-9-21(10-14-23)33-29(36)24(28(35)32-30(33)37)16-19-6-15-25(26(17-19)40-5-2)41-18-27(34)31-20-7-11-22(38-3)12-8-20/h6-17H,4-5,18H2,1-3H3,(H,31,34)(H,32,35,37)/b24-16+. The fourth-order valence-corrected chi connectivity index (χ4v) is 3.93. The third kappa shape index (κ3) is 7.01. The van der Waals surface area contributed by atoms with Crippen LogP contribution in [0.5, 0.6) is 23.0 Å². The van der Waals surface area contributed by atoms with Crippen LogP contribution < -0.4 is 34.5 Å². The van der Waals surface area contributed by atoms with E-state index in [-0.39, 0.29) is 23.8 Å². The SMILES string of the molecule is CCOc1ccc(N2C(=O)NC(=O)/C(=C\c3ccc(OCC(=O)Nc4ccc(OC)cc4)c(OCC)c3)C2=O)cc1. The Morgan fingerprint density at radius 2 is 1.54 bits per heavy atom. The molecule has 2 N–H and O–H groups in total. The number of benzene rings is 3. The molecule has 4 rings (SSSR count). The van der Waals surface area contributed by atoms with Crippen molar-refractivity contribution in [2.75, 3.05) is 37.1 Å². The molecule has 0 bridgehead atoms. The number of methoxy groups -OCH3 is 1. The number of hydrogen-bond acceptors (Lipinski definition) is 8. The second-order valence-electron chi connectivity index (χ2n) is 8.59. The number of anilines is 2. The van der Waals surface area contributed by atoms with Crippen molar-refractivity contribution >= 4 is 41.2 Å². The minimum atomic E-state index is -0.854. The molecule has 0 saturated carbocycles. The first-order valence-electron chi connectivity index (χ1n) is 12.8. The summed E-state index contributed by atoms with van der Waals surface area (Å²) in [5, 5.41) is 4.93. The van der Waals surface area contributed by atoms with Gasteiger partial charge in [-0.25, -0.2) is 9.69 Å². The van der Waals surface area contributed by atoms with Crippen LogP contribution in [0.1, 0.15) is 19.4 Å². The molecule has 0 spiro atoms. The van der Waals surface area contributed by atoms with Crippen LogP contribution in [0, 0.1) is 0 Å². The number of ether oxygens (including phenoxy) is 4. The Kier molecular flexibility index (Phi) is 9.20. The Morgan fingerprint density at radius 1 is 0.854 bits per heavy atom. The number of imide groups is 2. The third-order valence-corrected chi connectivity index (χ3v) is 5.82. The smallest absolute Gasteiger partial charge is 0.335 e. The number of carbonyl (C=O) groups excluding carboxylic acids is 4. The molecule has 0 unspecified atom stereocenters. The Hall–Kier alpha value is -5.32. The summed E-state index contributed by atoms with van der Waals surface area (Å²) in [5.74, 6) is -0.137. The molecule has 1 aliphatic rings. The molecule has 212 valence electrons. The van der Waals surface area contributed by atoms with Crippen molar-refractivity contribution in [3.63, 3.8) is 0 Å². The zero-order valence-electron chi connectivity index (χ0n) is 22.8. The Labute approximate surface area is 236 Å². The van der Waals surface area contributed by atoms with Gasteiger partial charge in [0.25, 0.3) is 17.7 Å².